The van der Waals surface area contributed by atoms with E-state index >= 15 is 0 Å². The van der Waals surface area contributed by atoms with E-state index in [-0.39, 0.29) is 23.8 Å². The maximum absolute atomic E-state index is 12.5. The molecule has 20 heavy (non-hydrogen) atoms. The topological polar surface area (TPSA) is 55.4 Å². The Morgan fingerprint density at radius 1 is 1.20 bits per heavy atom. The monoisotopic (exact) mass is 273 g/mol. The number of nitrogens with one attached hydrogen (secondary N) is 1. The first-order valence-electron chi connectivity index (χ1n) is 7.15. The molecule has 1 fully saturated rings. The molecule has 3 unspecified atom stereocenters. The zero-order chi connectivity index (χ0) is 13.9. The Hall–Kier alpha value is -1.81. The molecule has 4 nitrogen and oxygen atoms in total. The maximum Gasteiger partial charge on any atom is 0.140 e. The summed E-state index contributed by atoms with van der Waals surface area (Å²) in [6, 6.07) is 7.41. The van der Waals surface area contributed by atoms with Crippen molar-refractivity contribution in [1.82, 2.24) is 5.32 Å². The average molecular weight is 273 g/mol. The molecular weight excluding hydrogens is 254 g/mol. The Morgan fingerprint density at radius 2 is 1.90 bits per heavy atom. The minimum Gasteiger partial charge on any atom is -0.468 e. The second-order valence-electron chi connectivity index (χ2n) is 5.29. The van der Waals surface area contributed by atoms with E-state index in [2.05, 4.69) is 12.2 Å². The molecule has 4 heteroatoms. The highest BCUT2D eigenvalue weighted by atomic mass is 16.3. The molecule has 0 radical (unpaired) electrons. The Labute approximate surface area is 118 Å². The Kier molecular flexibility index (Phi) is 3.74. The lowest BCUT2D eigenvalue weighted by Crippen LogP contribution is -2.42. The van der Waals surface area contributed by atoms with E-state index < -0.39 is 0 Å². The van der Waals surface area contributed by atoms with Gasteiger partial charge in [-0.1, -0.05) is 13.3 Å². The molecular formula is C16H19NO3. The lowest BCUT2D eigenvalue weighted by molar-refractivity contribution is -0.127. The van der Waals surface area contributed by atoms with Gasteiger partial charge in [0.25, 0.3) is 0 Å². The second kappa shape index (κ2) is 5.67. The van der Waals surface area contributed by atoms with Crippen molar-refractivity contribution in [2.45, 2.75) is 38.3 Å². The van der Waals surface area contributed by atoms with Gasteiger partial charge in [0.05, 0.1) is 24.6 Å². The van der Waals surface area contributed by atoms with Crippen LogP contribution in [0.25, 0.3) is 0 Å². The largest absolute Gasteiger partial charge is 0.468 e. The number of furan rings is 2. The lowest BCUT2D eigenvalue weighted by Gasteiger charge is -2.34. The summed E-state index contributed by atoms with van der Waals surface area (Å²) < 4.78 is 11.0. The fraction of sp³-hybridized carbons (Fsp3) is 0.438. The summed E-state index contributed by atoms with van der Waals surface area (Å²) in [6.45, 7) is 2.10. The third-order valence-electron chi connectivity index (χ3n) is 3.94. The minimum absolute atomic E-state index is 0.0163. The van der Waals surface area contributed by atoms with Gasteiger partial charge in [-0.05, 0) is 30.7 Å². The normalized spacial score (nSPS) is 26.9. The number of hydrogen-bond donors (Lipinski definition) is 1. The van der Waals surface area contributed by atoms with E-state index in [4.69, 9.17) is 8.83 Å². The molecule has 2 aromatic heterocycles. The number of Topliss-reactive ketones (excluding diaryl/α,β-unsaturated/α-hetero) is 1. The third-order valence-corrected chi connectivity index (χ3v) is 3.94. The van der Waals surface area contributed by atoms with Crippen molar-refractivity contribution in [3.05, 3.63) is 48.3 Å². The highest BCUT2D eigenvalue weighted by Crippen LogP contribution is 2.37. The van der Waals surface area contributed by atoms with E-state index in [1.807, 2.05) is 24.3 Å². The average Bonchev–Trinajstić information content (AvgIpc) is 3.14. The molecule has 2 aromatic rings. The molecule has 0 aliphatic carbocycles. The van der Waals surface area contributed by atoms with Gasteiger partial charge in [0.15, 0.2) is 0 Å². The van der Waals surface area contributed by atoms with Crippen molar-refractivity contribution in [2.24, 2.45) is 5.92 Å². The van der Waals surface area contributed by atoms with Gasteiger partial charge in [-0.25, -0.2) is 0 Å². The third kappa shape index (κ3) is 2.43. The van der Waals surface area contributed by atoms with Crippen molar-refractivity contribution in [3.8, 4) is 0 Å². The van der Waals surface area contributed by atoms with E-state index in [0.29, 0.717) is 6.42 Å². The maximum atomic E-state index is 12.5. The van der Waals surface area contributed by atoms with Crippen LogP contribution in [0.3, 0.4) is 0 Å². The molecule has 0 aromatic carbocycles. The van der Waals surface area contributed by atoms with Crippen LogP contribution in [0.1, 0.15) is 49.8 Å². The molecule has 0 saturated carbocycles. The van der Waals surface area contributed by atoms with Crippen molar-refractivity contribution in [1.29, 1.82) is 0 Å². The molecule has 3 heterocycles. The quantitative estimate of drug-likeness (QED) is 0.924. The molecule has 0 amide bonds. The van der Waals surface area contributed by atoms with Crippen LogP contribution in [0.5, 0.6) is 0 Å². The predicted molar refractivity (Wildman–Crippen MR) is 74.1 cm³/mol. The zero-order valence-corrected chi connectivity index (χ0v) is 11.5. The number of rotatable bonds is 4. The summed E-state index contributed by atoms with van der Waals surface area (Å²) in [5.41, 5.74) is 0. The van der Waals surface area contributed by atoms with Gasteiger partial charge in [-0.15, -0.1) is 0 Å². The molecule has 1 aliphatic heterocycles. The van der Waals surface area contributed by atoms with Crippen molar-refractivity contribution < 1.29 is 13.6 Å². The Bertz CT molecular complexity index is 544. The van der Waals surface area contributed by atoms with Gasteiger partial charge in [0.2, 0.25) is 0 Å². The number of carbonyl (C=O) groups is 1. The van der Waals surface area contributed by atoms with Gasteiger partial charge in [-0.2, -0.15) is 0 Å². The van der Waals surface area contributed by atoms with Gasteiger partial charge >= 0.3 is 0 Å². The van der Waals surface area contributed by atoms with Crippen LogP contribution in [0, 0.1) is 5.92 Å². The van der Waals surface area contributed by atoms with E-state index in [1.165, 1.54) is 0 Å². The molecule has 0 spiro atoms. The Balaban J connectivity index is 1.87. The minimum atomic E-state index is -0.0688. The van der Waals surface area contributed by atoms with E-state index in [0.717, 1.165) is 24.4 Å². The van der Waals surface area contributed by atoms with Crippen LogP contribution in [-0.4, -0.2) is 5.78 Å². The summed E-state index contributed by atoms with van der Waals surface area (Å²) in [5, 5.41) is 3.52. The smallest absolute Gasteiger partial charge is 0.140 e. The van der Waals surface area contributed by atoms with Crippen LogP contribution < -0.4 is 5.32 Å². The number of ketones is 1. The standard InChI is InChI=1S/C16H19NO3/c1-2-5-11-13(18)10-12(14-6-3-8-19-14)17-16(11)15-7-4-9-20-15/h3-4,6-9,11-12,16-17H,2,5,10H2,1H3. The second-order valence-corrected chi connectivity index (χ2v) is 5.29. The summed E-state index contributed by atoms with van der Waals surface area (Å²) in [5.74, 6) is 1.91. The van der Waals surface area contributed by atoms with Crippen LogP contribution in [0.4, 0.5) is 0 Å². The fourth-order valence-electron chi connectivity index (χ4n) is 2.99. The first-order valence-corrected chi connectivity index (χ1v) is 7.15. The molecule has 1 aliphatic rings. The Morgan fingerprint density at radius 3 is 2.50 bits per heavy atom. The zero-order valence-electron chi connectivity index (χ0n) is 11.5. The summed E-state index contributed by atoms with van der Waals surface area (Å²) in [4.78, 5) is 12.5. The van der Waals surface area contributed by atoms with E-state index in [1.54, 1.807) is 12.5 Å². The lowest BCUT2D eigenvalue weighted by atomic mass is 9.81. The van der Waals surface area contributed by atoms with Crippen molar-refractivity contribution in [3.63, 3.8) is 0 Å². The highest BCUT2D eigenvalue weighted by Gasteiger charge is 2.39. The first kappa shape index (κ1) is 13.2. The molecule has 1 N–H and O–H groups in total. The van der Waals surface area contributed by atoms with Crippen LogP contribution in [0.15, 0.2) is 45.6 Å². The number of hydrogen-bond acceptors (Lipinski definition) is 4. The summed E-state index contributed by atoms with van der Waals surface area (Å²) >= 11 is 0. The van der Waals surface area contributed by atoms with Crippen molar-refractivity contribution in [2.75, 3.05) is 0 Å². The van der Waals surface area contributed by atoms with Gasteiger partial charge in [0, 0.05) is 12.3 Å². The fourth-order valence-corrected chi connectivity index (χ4v) is 2.99. The van der Waals surface area contributed by atoms with Crippen LogP contribution in [-0.2, 0) is 4.79 Å². The number of carbonyl (C=O) groups excluding carboxylic acids is 1. The van der Waals surface area contributed by atoms with E-state index in [9.17, 15) is 4.79 Å². The highest BCUT2D eigenvalue weighted by molar-refractivity contribution is 5.83. The molecule has 3 rings (SSSR count). The predicted octanol–water partition coefficient (Wildman–Crippen LogP) is 3.63. The molecule has 3 atom stereocenters. The number of piperidine rings is 1. The summed E-state index contributed by atoms with van der Waals surface area (Å²) in [6.07, 6.45) is 5.64. The first-order chi connectivity index (χ1) is 9.79. The van der Waals surface area contributed by atoms with Crippen molar-refractivity contribution >= 4 is 5.78 Å². The SMILES string of the molecule is CCCC1C(=O)CC(c2ccco2)NC1c1ccco1. The van der Waals surface area contributed by atoms with Crippen LogP contribution in [0.2, 0.25) is 0 Å². The molecule has 1 saturated heterocycles. The molecule has 106 valence electrons. The molecule has 0 bridgehead atoms. The van der Waals surface area contributed by atoms with Crippen LogP contribution >= 0.6 is 0 Å². The van der Waals surface area contributed by atoms with Gasteiger partial charge in [-0.3, -0.25) is 10.1 Å². The van der Waals surface area contributed by atoms with Gasteiger partial charge < -0.3 is 8.83 Å². The van der Waals surface area contributed by atoms with Gasteiger partial charge in [0.1, 0.15) is 17.3 Å². The summed E-state index contributed by atoms with van der Waals surface area (Å²) in [7, 11) is 0.